The topological polar surface area (TPSA) is 79.2 Å². The van der Waals surface area contributed by atoms with Crippen LogP contribution in [0.3, 0.4) is 0 Å². The van der Waals surface area contributed by atoms with Crippen molar-refractivity contribution in [1.82, 2.24) is 16.3 Å². The monoisotopic (exact) mass is 234 g/mol. The summed E-state index contributed by atoms with van der Waals surface area (Å²) < 4.78 is 0. The average Bonchev–Trinajstić information content (AvgIpc) is 2.82. The molecule has 1 heterocycles. The first-order valence-corrected chi connectivity index (χ1v) is 5.84. The maximum absolute atomic E-state index is 11.6. The summed E-state index contributed by atoms with van der Waals surface area (Å²) in [6.45, 7) is 2.08. The van der Waals surface area contributed by atoms with Crippen molar-refractivity contribution in [3.8, 4) is 0 Å². The predicted molar refractivity (Wildman–Crippen MR) is 65.4 cm³/mol. The number of nitrogens with one attached hydrogen (secondary N) is 3. The molecule has 0 bridgehead atoms. The minimum atomic E-state index is -0.282. The minimum Gasteiger partial charge on any atom is -0.293 e. The molecule has 0 spiro atoms. The molecular weight excluding hydrogens is 216 g/mol. The zero-order chi connectivity index (χ0) is 12.3. The van der Waals surface area contributed by atoms with Crippen LogP contribution in [-0.4, -0.2) is 11.9 Å². The van der Waals surface area contributed by atoms with Crippen molar-refractivity contribution in [2.24, 2.45) is 11.8 Å². The van der Waals surface area contributed by atoms with E-state index >= 15 is 0 Å². The summed E-state index contributed by atoms with van der Waals surface area (Å²) >= 11 is 0. The molecule has 1 amide bonds. The molecule has 1 aromatic rings. The molecule has 0 radical (unpaired) electrons. The maximum Gasteiger partial charge on any atom is 0.252 e. The highest BCUT2D eigenvalue weighted by Crippen LogP contribution is 2.30. The van der Waals surface area contributed by atoms with Crippen LogP contribution in [0.4, 0.5) is 0 Å². The maximum atomic E-state index is 11.6. The normalized spacial score (nSPS) is 28.0. The Morgan fingerprint density at radius 3 is 2.65 bits per heavy atom. The van der Waals surface area contributed by atoms with Crippen LogP contribution < -0.4 is 22.1 Å². The Morgan fingerprint density at radius 1 is 1.35 bits per heavy atom. The van der Waals surface area contributed by atoms with Gasteiger partial charge in [-0.2, -0.15) is 0 Å². The summed E-state index contributed by atoms with van der Waals surface area (Å²) in [6.07, 6.45) is 0.900. The number of hydrogen-bond acceptors (Lipinski definition) is 4. The van der Waals surface area contributed by atoms with Crippen LogP contribution in [0.15, 0.2) is 30.3 Å². The number of rotatable bonds is 3. The lowest BCUT2D eigenvalue weighted by atomic mass is 9.87. The largest absolute Gasteiger partial charge is 0.293 e. The highest BCUT2D eigenvalue weighted by molar-refractivity contribution is 5.81. The zero-order valence-electron chi connectivity index (χ0n) is 9.81. The van der Waals surface area contributed by atoms with Gasteiger partial charge in [0.15, 0.2) is 0 Å². The van der Waals surface area contributed by atoms with E-state index in [1.165, 1.54) is 5.56 Å². The van der Waals surface area contributed by atoms with E-state index < -0.39 is 0 Å². The van der Waals surface area contributed by atoms with E-state index in [9.17, 15) is 4.79 Å². The Kier molecular flexibility index (Phi) is 3.73. The molecule has 5 N–H and O–H groups in total. The molecule has 1 fully saturated rings. The minimum absolute atomic E-state index is 0.142. The van der Waals surface area contributed by atoms with Gasteiger partial charge in [-0.05, 0) is 12.0 Å². The first-order chi connectivity index (χ1) is 8.27. The second-order valence-electron chi connectivity index (χ2n) is 4.24. The van der Waals surface area contributed by atoms with Crippen LogP contribution in [0.25, 0.3) is 0 Å². The number of benzene rings is 1. The van der Waals surface area contributed by atoms with E-state index in [4.69, 9.17) is 5.84 Å². The van der Waals surface area contributed by atoms with Gasteiger partial charge >= 0.3 is 0 Å². The van der Waals surface area contributed by atoms with Crippen LogP contribution >= 0.6 is 0 Å². The first kappa shape index (κ1) is 12.0. The number of hydrogen-bond donors (Lipinski definition) is 4. The lowest BCUT2D eigenvalue weighted by Crippen LogP contribution is -2.48. The van der Waals surface area contributed by atoms with Gasteiger partial charge in [0.1, 0.15) is 6.04 Å². The quantitative estimate of drug-likeness (QED) is 0.343. The molecule has 0 aliphatic carbocycles. The third-order valence-electron chi connectivity index (χ3n) is 3.31. The van der Waals surface area contributed by atoms with Gasteiger partial charge in [-0.25, -0.2) is 16.7 Å². The zero-order valence-corrected chi connectivity index (χ0v) is 9.81. The third kappa shape index (κ3) is 2.31. The SMILES string of the molecule is CCC1C(C(=O)NN)NNC1c1ccccc1. The van der Waals surface area contributed by atoms with E-state index in [0.29, 0.717) is 0 Å². The fourth-order valence-electron chi connectivity index (χ4n) is 2.40. The molecule has 1 aromatic carbocycles. The Hall–Kier alpha value is -1.43. The molecule has 92 valence electrons. The van der Waals surface area contributed by atoms with Crippen molar-refractivity contribution < 1.29 is 4.79 Å². The molecule has 2 rings (SSSR count). The summed E-state index contributed by atoms with van der Waals surface area (Å²) in [5.41, 5.74) is 9.57. The highest BCUT2D eigenvalue weighted by atomic mass is 16.2. The van der Waals surface area contributed by atoms with Crippen LogP contribution in [0.5, 0.6) is 0 Å². The summed E-state index contributed by atoms with van der Waals surface area (Å²) in [7, 11) is 0. The molecule has 3 atom stereocenters. The van der Waals surface area contributed by atoms with Crippen molar-refractivity contribution in [3.05, 3.63) is 35.9 Å². The summed E-state index contributed by atoms with van der Waals surface area (Å²) in [5.74, 6) is 5.20. The van der Waals surface area contributed by atoms with E-state index in [-0.39, 0.29) is 23.9 Å². The first-order valence-electron chi connectivity index (χ1n) is 5.84. The Balaban J connectivity index is 2.18. The number of nitrogens with two attached hydrogens (primary N) is 1. The second-order valence-corrected chi connectivity index (χ2v) is 4.24. The lowest BCUT2D eigenvalue weighted by Gasteiger charge is -2.20. The van der Waals surface area contributed by atoms with Gasteiger partial charge in [0.25, 0.3) is 5.91 Å². The van der Waals surface area contributed by atoms with E-state index in [1.807, 2.05) is 18.2 Å². The Bertz CT molecular complexity index is 381. The van der Waals surface area contributed by atoms with Gasteiger partial charge in [0.05, 0.1) is 6.04 Å². The van der Waals surface area contributed by atoms with Crippen LogP contribution in [0, 0.1) is 5.92 Å². The number of amides is 1. The summed E-state index contributed by atoms with van der Waals surface area (Å²) in [4.78, 5) is 11.6. The number of carbonyl (C=O) groups excluding carboxylic acids is 1. The predicted octanol–water partition coefficient (Wildman–Crippen LogP) is 0.220. The molecule has 1 saturated heterocycles. The van der Waals surface area contributed by atoms with Crippen molar-refractivity contribution in [3.63, 3.8) is 0 Å². The highest BCUT2D eigenvalue weighted by Gasteiger charge is 2.39. The summed E-state index contributed by atoms with van der Waals surface area (Å²) in [6, 6.07) is 9.96. The third-order valence-corrected chi connectivity index (χ3v) is 3.31. The van der Waals surface area contributed by atoms with E-state index in [1.54, 1.807) is 0 Å². The van der Waals surface area contributed by atoms with Gasteiger partial charge < -0.3 is 0 Å². The van der Waals surface area contributed by atoms with Gasteiger partial charge in [-0.3, -0.25) is 10.2 Å². The van der Waals surface area contributed by atoms with Crippen molar-refractivity contribution in [2.45, 2.75) is 25.4 Å². The van der Waals surface area contributed by atoms with E-state index in [0.717, 1.165) is 6.42 Å². The second kappa shape index (κ2) is 5.27. The van der Waals surface area contributed by atoms with Gasteiger partial charge in [0, 0.05) is 5.92 Å². The Morgan fingerprint density at radius 2 is 2.06 bits per heavy atom. The molecule has 17 heavy (non-hydrogen) atoms. The standard InChI is InChI=1S/C12H18N4O/c1-2-9-10(8-6-4-3-5-7-8)15-16-11(9)12(17)14-13/h3-7,9-11,15-16H,2,13H2,1H3,(H,14,17). The molecule has 5 nitrogen and oxygen atoms in total. The fourth-order valence-corrected chi connectivity index (χ4v) is 2.40. The average molecular weight is 234 g/mol. The smallest absolute Gasteiger partial charge is 0.252 e. The van der Waals surface area contributed by atoms with Crippen molar-refractivity contribution in [2.75, 3.05) is 0 Å². The molecule has 1 aliphatic heterocycles. The van der Waals surface area contributed by atoms with Gasteiger partial charge in [-0.1, -0.05) is 37.3 Å². The lowest BCUT2D eigenvalue weighted by molar-refractivity contribution is -0.123. The molecule has 5 heteroatoms. The number of carbonyl (C=O) groups is 1. The summed E-state index contributed by atoms with van der Waals surface area (Å²) in [5, 5.41) is 0. The molecular formula is C12H18N4O. The molecule has 3 unspecified atom stereocenters. The van der Waals surface area contributed by atoms with Gasteiger partial charge in [0.2, 0.25) is 0 Å². The van der Waals surface area contributed by atoms with Gasteiger partial charge in [-0.15, -0.1) is 0 Å². The molecule has 1 aliphatic rings. The Labute approximate surface area is 101 Å². The van der Waals surface area contributed by atoms with Crippen molar-refractivity contribution >= 4 is 5.91 Å². The van der Waals surface area contributed by atoms with Crippen LogP contribution in [0.1, 0.15) is 24.9 Å². The van der Waals surface area contributed by atoms with Crippen LogP contribution in [-0.2, 0) is 4.79 Å². The van der Waals surface area contributed by atoms with Crippen molar-refractivity contribution in [1.29, 1.82) is 0 Å². The fraction of sp³-hybridized carbons (Fsp3) is 0.417. The van der Waals surface area contributed by atoms with Crippen LogP contribution in [0.2, 0.25) is 0 Å². The van der Waals surface area contributed by atoms with E-state index in [2.05, 4.69) is 35.3 Å². The number of hydrazine groups is 2. The molecule has 0 aromatic heterocycles. The molecule has 0 saturated carbocycles.